The summed E-state index contributed by atoms with van der Waals surface area (Å²) in [7, 11) is 2.71. The number of nitrogens with one attached hydrogen (secondary N) is 1. The maximum atomic E-state index is 12.8. The molecule has 0 aliphatic carbocycles. The number of hydrogen-bond acceptors (Lipinski definition) is 9. The average molecular weight is 498 g/mol. The Balaban J connectivity index is 1.50. The Bertz CT molecular complexity index is 1280. The molecule has 1 aliphatic rings. The largest absolute Gasteiger partial charge is 0.493 e. The molecule has 0 bridgehead atoms. The van der Waals surface area contributed by atoms with Gasteiger partial charge in [0.15, 0.2) is 11.5 Å². The lowest BCUT2D eigenvalue weighted by Crippen LogP contribution is -2.24. The summed E-state index contributed by atoms with van der Waals surface area (Å²) in [5, 5.41) is 23.0. The van der Waals surface area contributed by atoms with Gasteiger partial charge in [0.2, 0.25) is 11.0 Å². The van der Waals surface area contributed by atoms with Crippen molar-refractivity contribution in [3.63, 3.8) is 0 Å². The first-order valence-corrected chi connectivity index (χ1v) is 11.6. The van der Waals surface area contributed by atoms with Crippen molar-refractivity contribution in [2.45, 2.75) is 25.7 Å². The van der Waals surface area contributed by atoms with E-state index >= 15 is 0 Å². The normalized spacial score (nSPS) is 15.2. The minimum absolute atomic E-state index is 0.0130. The van der Waals surface area contributed by atoms with Gasteiger partial charge in [0.05, 0.1) is 25.2 Å². The molecule has 1 aromatic heterocycles. The molecule has 35 heavy (non-hydrogen) atoms. The van der Waals surface area contributed by atoms with Gasteiger partial charge in [-0.15, -0.1) is 10.2 Å². The van der Waals surface area contributed by atoms with Crippen LogP contribution in [-0.4, -0.2) is 47.7 Å². The van der Waals surface area contributed by atoms with Crippen molar-refractivity contribution in [2.75, 3.05) is 31.0 Å². The van der Waals surface area contributed by atoms with Crippen LogP contribution in [0.1, 0.15) is 40.2 Å². The summed E-state index contributed by atoms with van der Waals surface area (Å²) in [6.07, 6.45) is 1.20. The van der Waals surface area contributed by atoms with Gasteiger partial charge >= 0.3 is 0 Å². The molecule has 1 saturated heterocycles. The topological polar surface area (TPSA) is 137 Å². The Labute approximate surface area is 204 Å². The number of aryl methyl sites for hydroxylation is 1. The molecule has 11 nitrogen and oxygen atoms in total. The second kappa shape index (κ2) is 10.1. The van der Waals surface area contributed by atoms with Crippen molar-refractivity contribution in [1.82, 2.24) is 10.2 Å². The predicted molar refractivity (Wildman–Crippen MR) is 130 cm³/mol. The lowest BCUT2D eigenvalue weighted by molar-refractivity contribution is -0.385. The standard InChI is InChI=1S/C23H23N5O6S/c1-4-13-5-7-15(8-6-13)27-12-14(9-20(27)29)22-25-26-23(35-22)24-21(30)16-10-18(33-2)19(34-3)11-17(16)28(31)32/h5-8,10-11,14H,4,9,12H2,1-3H3,(H,24,26,30). The van der Waals surface area contributed by atoms with Crippen molar-refractivity contribution in [1.29, 1.82) is 0 Å². The third-order valence-corrected chi connectivity index (χ3v) is 6.74. The molecule has 1 atom stereocenters. The summed E-state index contributed by atoms with van der Waals surface area (Å²) in [6, 6.07) is 10.2. The van der Waals surface area contributed by atoms with Gasteiger partial charge in [0.1, 0.15) is 10.6 Å². The number of benzene rings is 2. The minimum atomic E-state index is -0.736. The van der Waals surface area contributed by atoms with Gasteiger partial charge in [-0.2, -0.15) is 0 Å². The van der Waals surface area contributed by atoms with E-state index in [-0.39, 0.29) is 40.4 Å². The first kappa shape index (κ1) is 24.1. The van der Waals surface area contributed by atoms with Crippen LogP contribution in [0.2, 0.25) is 0 Å². The number of ether oxygens (including phenoxy) is 2. The van der Waals surface area contributed by atoms with Gasteiger partial charge in [-0.25, -0.2) is 0 Å². The van der Waals surface area contributed by atoms with Gasteiger partial charge in [0, 0.05) is 30.6 Å². The van der Waals surface area contributed by atoms with E-state index in [0.29, 0.717) is 11.6 Å². The zero-order chi connectivity index (χ0) is 25.1. The third-order valence-electron chi connectivity index (χ3n) is 5.73. The molecule has 1 fully saturated rings. The van der Waals surface area contributed by atoms with Gasteiger partial charge in [-0.1, -0.05) is 30.4 Å². The van der Waals surface area contributed by atoms with E-state index in [1.54, 1.807) is 4.90 Å². The molecule has 1 N–H and O–H groups in total. The number of amides is 2. The quantitative estimate of drug-likeness (QED) is 0.366. The van der Waals surface area contributed by atoms with Gasteiger partial charge in [0.25, 0.3) is 11.6 Å². The molecule has 1 aliphatic heterocycles. The highest BCUT2D eigenvalue weighted by molar-refractivity contribution is 7.15. The summed E-state index contributed by atoms with van der Waals surface area (Å²) in [5.41, 5.74) is 1.38. The summed E-state index contributed by atoms with van der Waals surface area (Å²) >= 11 is 1.13. The van der Waals surface area contributed by atoms with Crippen LogP contribution in [0.25, 0.3) is 0 Å². The fraction of sp³-hybridized carbons (Fsp3) is 0.304. The highest BCUT2D eigenvalue weighted by Crippen LogP contribution is 2.36. The van der Waals surface area contributed by atoms with Crippen LogP contribution in [0, 0.1) is 10.1 Å². The number of nitro groups is 1. The maximum Gasteiger partial charge on any atom is 0.286 e. The first-order valence-electron chi connectivity index (χ1n) is 10.8. The van der Waals surface area contributed by atoms with E-state index < -0.39 is 16.5 Å². The predicted octanol–water partition coefficient (Wildman–Crippen LogP) is 3.80. The number of carbonyl (C=O) groups is 2. The molecule has 4 rings (SSSR count). The lowest BCUT2D eigenvalue weighted by atomic mass is 10.1. The Morgan fingerprint density at radius 2 is 1.89 bits per heavy atom. The smallest absolute Gasteiger partial charge is 0.286 e. The van der Waals surface area contributed by atoms with Crippen LogP contribution in [0.5, 0.6) is 11.5 Å². The van der Waals surface area contributed by atoms with Crippen molar-refractivity contribution in [3.05, 3.63) is 62.6 Å². The summed E-state index contributed by atoms with van der Waals surface area (Å²) in [4.78, 5) is 38.0. The molecule has 2 aromatic carbocycles. The highest BCUT2D eigenvalue weighted by Gasteiger charge is 2.34. The Morgan fingerprint density at radius 1 is 1.20 bits per heavy atom. The van der Waals surface area contributed by atoms with E-state index in [2.05, 4.69) is 22.4 Å². The Hall–Kier alpha value is -4.06. The molecule has 0 spiro atoms. The summed E-state index contributed by atoms with van der Waals surface area (Å²) in [6.45, 7) is 2.52. The van der Waals surface area contributed by atoms with Gasteiger partial charge < -0.3 is 14.4 Å². The van der Waals surface area contributed by atoms with E-state index in [1.165, 1.54) is 25.8 Å². The number of aromatic nitrogens is 2. The maximum absolute atomic E-state index is 12.8. The second-order valence-electron chi connectivity index (χ2n) is 7.81. The zero-order valence-corrected chi connectivity index (χ0v) is 20.1. The lowest BCUT2D eigenvalue weighted by Gasteiger charge is -2.16. The summed E-state index contributed by atoms with van der Waals surface area (Å²) < 4.78 is 10.3. The van der Waals surface area contributed by atoms with Crippen LogP contribution in [0.4, 0.5) is 16.5 Å². The Kier molecular flexibility index (Phi) is 6.92. The molecule has 182 valence electrons. The molecule has 1 unspecified atom stereocenters. The molecule has 2 heterocycles. The number of anilines is 2. The van der Waals surface area contributed by atoms with Crippen LogP contribution < -0.4 is 19.7 Å². The number of carbonyl (C=O) groups excluding carboxylic acids is 2. The van der Waals surface area contributed by atoms with E-state index in [1.807, 2.05) is 24.3 Å². The summed E-state index contributed by atoms with van der Waals surface area (Å²) in [5.74, 6) is -0.611. The monoisotopic (exact) mass is 497 g/mol. The first-order chi connectivity index (χ1) is 16.8. The van der Waals surface area contributed by atoms with Crippen LogP contribution in [0.15, 0.2) is 36.4 Å². The molecular formula is C23H23N5O6S. The Morgan fingerprint density at radius 3 is 2.51 bits per heavy atom. The molecule has 0 radical (unpaired) electrons. The fourth-order valence-corrected chi connectivity index (χ4v) is 4.68. The highest BCUT2D eigenvalue weighted by atomic mass is 32.1. The van der Waals surface area contributed by atoms with Crippen molar-refractivity contribution >= 4 is 39.7 Å². The molecular weight excluding hydrogens is 474 g/mol. The van der Waals surface area contributed by atoms with Crippen LogP contribution in [0.3, 0.4) is 0 Å². The van der Waals surface area contributed by atoms with E-state index in [9.17, 15) is 19.7 Å². The molecule has 0 saturated carbocycles. The average Bonchev–Trinajstić information content (AvgIpc) is 3.49. The minimum Gasteiger partial charge on any atom is -0.493 e. The van der Waals surface area contributed by atoms with Crippen molar-refractivity contribution in [3.8, 4) is 11.5 Å². The van der Waals surface area contributed by atoms with E-state index in [0.717, 1.165) is 29.5 Å². The van der Waals surface area contributed by atoms with Gasteiger partial charge in [-0.05, 0) is 24.1 Å². The van der Waals surface area contributed by atoms with Gasteiger partial charge in [-0.3, -0.25) is 25.0 Å². The van der Waals surface area contributed by atoms with E-state index in [4.69, 9.17) is 9.47 Å². The van der Waals surface area contributed by atoms with Crippen molar-refractivity contribution < 1.29 is 24.0 Å². The van der Waals surface area contributed by atoms with Crippen LogP contribution >= 0.6 is 11.3 Å². The zero-order valence-electron chi connectivity index (χ0n) is 19.3. The molecule has 3 aromatic rings. The number of rotatable bonds is 8. The number of hydrogen-bond donors (Lipinski definition) is 1. The SMILES string of the molecule is CCc1ccc(N2CC(c3nnc(NC(=O)c4cc(OC)c(OC)cc4[N+](=O)[O-])s3)CC2=O)cc1. The third kappa shape index (κ3) is 4.92. The van der Waals surface area contributed by atoms with Crippen molar-refractivity contribution in [2.24, 2.45) is 0 Å². The van der Waals surface area contributed by atoms with Crippen LogP contribution in [-0.2, 0) is 11.2 Å². The fourth-order valence-electron chi connectivity index (χ4n) is 3.85. The second-order valence-corrected chi connectivity index (χ2v) is 8.82. The number of nitrogens with zero attached hydrogens (tertiary/aromatic N) is 4. The number of methoxy groups -OCH3 is 2. The number of nitro benzene ring substituents is 1. The molecule has 12 heteroatoms. The molecule has 2 amide bonds.